The van der Waals surface area contributed by atoms with Gasteiger partial charge in [0, 0.05) is 11.1 Å². The van der Waals surface area contributed by atoms with Crippen LogP contribution in [-0.4, -0.2) is 4.98 Å². The van der Waals surface area contributed by atoms with E-state index in [1.165, 1.54) is 6.07 Å². The third-order valence-corrected chi connectivity index (χ3v) is 2.52. The van der Waals surface area contributed by atoms with Gasteiger partial charge in [-0.2, -0.15) is 0 Å². The van der Waals surface area contributed by atoms with Crippen LogP contribution in [0.15, 0.2) is 30.3 Å². The number of aromatic nitrogens is 1. The van der Waals surface area contributed by atoms with Crippen molar-refractivity contribution >= 4 is 10.9 Å². The number of para-hydroxylation sites is 1. The molecule has 2 aromatic rings. The van der Waals surface area contributed by atoms with Gasteiger partial charge in [0.15, 0.2) is 0 Å². The lowest BCUT2D eigenvalue weighted by Crippen LogP contribution is -1.92. The van der Waals surface area contributed by atoms with Crippen molar-refractivity contribution < 1.29 is 4.39 Å². The predicted molar refractivity (Wildman–Crippen MR) is 60.3 cm³/mol. The van der Waals surface area contributed by atoms with Gasteiger partial charge >= 0.3 is 0 Å². The summed E-state index contributed by atoms with van der Waals surface area (Å²) in [5.41, 5.74) is 1.47. The van der Waals surface area contributed by atoms with E-state index in [9.17, 15) is 4.39 Å². The van der Waals surface area contributed by atoms with Crippen LogP contribution in [0.25, 0.3) is 10.9 Å². The lowest BCUT2D eigenvalue weighted by Gasteiger charge is -2.02. The Morgan fingerprint density at radius 1 is 1.20 bits per heavy atom. The lowest BCUT2D eigenvalue weighted by molar-refractivity contribution is 0.636. The van der Waals surface area contributed by atoms with Gasteiger partial charge in [-0.15, -0.1) is 0 Å². The summed E-state index contributed by atoms with van der Waals surface area (Å²) in [6.45, 7) is 2.14. The smallest absolute Gasteiger partial charge is 0.149 e. The molecule has 0 aliphatic carbocycles. The number of benzene rings is 1. The third-order valence-electron chi connectivity index (χ3n) is 2.52. The SMILES string of the molecule is CCCCc1ccc2cccc(F)c2n1. The molecule has 1 heterocycles. The van der Waals surface area contributed by atoms with Crippen molar-refractivity contribution in [2.45, 2.75) is 26.2 Å². The molecule has 15 heavy (non-hydrogen) atoms. The maximum atomic E-state index is 13.4. The fourth-order valence-electron chi connectivity index (χ4n) is 1.65. The fourth-order valence-corrected chi connectivity index (χ4v) is 1.65. The molecule has 1 aromatic heterocycles. The first-order valence-corrected chi connectivity index (χ1v) is 5.35. The monoisotopic (exact) mass is 203 g/mol. The molecule has 0 unspecified atom stereocenters. The zero-order valence-corrected chi connectivity index (χ0v) is 8.83. The summed E-state index contributed by atoms with van der Waals surface area (Å²) < 4.78 is 13.4. The van der Waals surface area contributed by atoms with E-state index in [1.54, 1.807) is 6.07 Å². The van der Waals surface area contributed by atoms with Crippen LogP contribution < -0.4 is 0 Å². The summed E-state index contributed by atoms with van der Waals surface area (Å²) in [7, 11) is 0. The normalized spacial score (nSPS) is 10.8. The maximum Gasteiger partial charge on any atom is 0.149 e. The third kappa shape index (κ3) is 2.14. The van der Waals surface area contributed by atoms with E-state index < -0.39 is 0 Å². The van der Waals surface area contributed by atoms with Crippen LogP contribution in [0.5, 0.6) is 0 Å². The minimum atomic E-state index is -0.231. The summed E-state index contributed by atoms with van der Waals surface area (Å²) in [5.74, 6) is -0.231. The van der Waals surface area contributed by atoms with E-state index in [0.717, 1.165) is 30.3 Å². The van der Waals surface area contributed by atoms with Crippen molar-refractivity contribution in [2.24, 2.45) is 0 Å². The Morgan fingerprint density at radius 3 is 2.87 bits per heavy atom. The summed E-state index contributed by atoms with van der Waals surface area (Å²) in [6.07, 6.45) is 3.17. The Hall–Kier alpha value is -1.44. The Kier molecular flexibility index (Phi) is 2.95. The largest absolute Gasteiger partial charge is 0.250 e. The molecule has 0 bridgehead atoms. The van der Waals surface area contributed by atoms with Gasteiger partial charge in [-0.1, -0.05) is 31.5 Å². The molecule has 0 radical (unpaired) electrons. The molecule has 0 aliphatic heterocycles. The first-order valence-electron chi connectivity index (χ1n) is 5.35. The number of rotatable bonds is 3. The van der Waals surface area contributed by atoms with Gasteiger partial charge in [-0.05, 0) is 25.0 Å². The van der Waals surface area contributed by atoms with Crippen molar-refractivity contribution in [2.75, 3.05) is 0 Å². The summed E-state index contributed by atoms with van der Waals surface area (Å²) in [6, 6.07) is 8.98. The van der Waals surface area contributed by atoms with Gasteiger partial charge in [0.1, 0.15) is 11.3 Å². The summed E-state index contributed by atoms with van der Waals surface area (Å²) >= 11 is 0. The number of halogens is 1. The molecular formula is C13H14FN. The summed E-state index contributed by atoms with van der Waals surface area (Å²) in [4.78, 5) is 4.34. The zero-order chi connectivity index (χ0) is 10.7. The molecule has 0 aliphatic rings. The van der Waals surface area contributed by atoms with Crippen LogP contribution in [-0.2, 0) is 6.42 Å². The van der Waals surface area contributed by atoms with Gasteiger partial charge in [-0.3, -0.25) is 0 Å². The first-order chi connectivity index (χ1) is 7.31. The fraction of sp³-hybridized carbons (Fsp3) is 0.308. The van der Waals surface area contributed by atoms with E-state index >= 15 is 0 Å². The van der Waals surface area contributed by atoms with Gasteiger partial charge in [-0.25, -0.2) is 9.37 Å². The van der Waals surface area contributed by atoms with Crippen molar-refractivity contribution in [3.8, 4) is 0 Å². The Labute approximate surface area is 89.0 Å². The van der Waals surface area contributed by atoms with Crippen LogP contribution in [0.4, 0.5) is 4.39 Å². The van der Waals surface area contributed by atoms with Crippen molar-refractivity contribution in [3.05, 3.63) is 41.8 Å². The first kappa shape index (κ1) is 10.1. The average Bonchev–Trinajstić information content (AvgIpc) is 2.27. The maximum absolute atomic E-state index is 13.4. The Morgan fingerprint density at radius 2 is 2.07 bits per heavy atom. The van der Waals surface area contributed by atoms with E-state index in [1.807, 2.05) is 18.2 Å². The molecule has 78 valence electrons. The second-order valence-corrected chi connectivity index (χ2v) is 3.72. The Bertz CT molecular complexity index is 465. The van der Waals surface area contributed by atoms with E-state index in [-0.39, 0.29) is 5.82 Å². The predicted octanol–water partition coefficient (Wildman–Crippen LogP) is 3.72. The molecule has 0 saturated carbocycles. The molecule has 1 aromatic carbocycles. The molecule has 2 rings (SSSR count). The van der Waals surface area contributed by atoms with E-state index in [4.69, 9.17) is 0 Å². The molecule has 0 N–H and O–H groups in total. The number of hydrogen-bond donors (Lipinski definition) is 0. The molecule has 0 spiro atoms. The van der Waals surface area contributed by atoms with Crippen LogP contribution in [0.3, 0.4) is 0 Å². The molecular weight excluding hydrogens is 189 g/mol. The van der Waals surface area contributed by atoms with Gasteiger partial charge in [0.2, 0.25) is 0 Å². The van der Waals surface area contributed by atoms with Crippen molar-refractivity contribution in [1.29, 1.82) is 0 Å². The van der Waals surface area contributed by atoms with Crippen LogP contribution in [0.1, 0.15) is 25.5 Å². The molecule has 0 saturated heterocycles. The highest BCUT2D eigenvalue weighted by Gasteiger charge is 2.02. The number of hydrogen-bond acceptors (Lipinski definition) is 1. The van der Waals surface area contributed by atoms with E-state index in [2.05, 4.69) is 11.9 Å². The average molecular weight is 203 g/mol. The van der Waals surface area contributed by atoms with Crippen LogP contribution in [0, 0.1) is 5.82 Å². The van der Waals surface area contributed by atoms with Crippen LogP contribution in [0.2, 0.25) is 0 Å². The number of unbranched alkanes of at least 4 members (excludes halogenated alkanes) is 1. The van der Waals surface area contributed by atoms with Gasteiger partial charge in [0.25, 0.3) is 0 Å². The minimum Gasteiger partial charge on any atom is -0.250 e. The van der Waals surface area contributed by atoms with Crippen LogP contribution >= 0.6 is 0 Å². The second-order valence-electron chi connectivity index (χ2n) is 3.72. The quantitative estimate of drug-likeness (QED) is 0.741. The highest BCUT2D eigenvalue weighted by molar-refractivity contribution is 5.79. The number of aryl methyl sites for hydroxylation is 1. The van der Waals surface area contributed by atoms with Crippen molar-refractivity contribution in [1.82, 2.24) is 4.98 Å². The van der Waals surface area contributed by atoms with E-state index in [0.29, 0.717) is 5.52 Å². The number of nitrogens with zero attached hydrogens (tertiary/aromatic N) is 1. The molecule has 0 atom stereocenters. The second kappa shape index (κ2) is 4.39. The van der Waals surface area contributed by atoms with Gasteiger partial charge in [0.05, 0.1) is 0 Å². The standard InChI is InChI=1S/C13H14FN/c1-2-3-6-11-9-8-10-5-4-7-12(14)13(10)15-11/h4-5,7-9H,2-3,6H2,1H3. The summed E-state index contributed by atoms with van der Waals surface area (Å²) in [5, 5.41) is 0.871. The Balaban J connectivity index is 2.41. The highest BCUT2D eigenvalue weighted by Crippen LogP contribution is 2.16. The molecule has 0 amide bonds. The molecule has 2 heteroatoms. The zero-order valence-electron chi connectivity index (χ0n) is 8.83. The lowest BCUT2D eigenvalue weighted by atomic mass is 10.1. The highest BCUT2D eigenvalue weighted by atomic mass is 19.1. The topological polar surface area (TPSA) is 12.9 Å². The van der Waals surface area contributed by atoms with Crippen molar-refractivity contribution in [3.63, 3.8) is 0 Å². The number of pyridine rings is 1. The van der Waals surface area contributed by atoms with Gasteiger partial charge < -0.3 is 0 Å². The molecule has 0 fully saturated rings. The molecule has 1 nitrogen and oxygen atoms in total. The minimum absolute atomic E-state index is 0.231. The number of fused-ring (bicyclic) bond motifs is 1.